The van der Waals surface area contributed by atoms with E-state index in [1.54, 1.807) is 0 Å². The molecule has 9 heavy (non-hydrogen) atoms. The van der Waals surface area contributed by atoms with Crippen LogP contribution in [0.4, 0.5) is 0 Å². The van der Waals surface area contributed by atoms with Gasteiger partial charge in [0.1, 0.15) is 0 Å². The SMILES string of the molecule is C=C(NC)C([CH2-])(C)C.[Y]. The van der Waals surface area contributed by atoms with Crippen LogP contribution in [-0.4, -0.2) is 7.05 Å². The summed E-state index contributed by atoms with van der Waals surface area (Å²) < 4.78 is 0. The van der Waals surface area contributed by atoms with E-state index in [9.17, 15) is 0 Å². The van der Waals surface area contributed by atoms with Crippen molar-refractivity contribution in [3.63, 3.8) is 0 Å². The van der Waals surface area contributed by atoms with Gasteiger partial charge < -0.3 is 12.2 Å². The van der Waals surface area contributed by atoms with Crippen LogP contribution in [0.5, 0.6) is 0 Å². The second-order valence-corrected chi connectivity index (χ2v) is 2.61. The molecule has 0 atom stereocenters. The molecule has 0 aliphatic heterocycles. The Balaban J connectivity index is 0. The zero-order valence-electron chi connectivity index (χ0n) is 6.49. The molecule has 0 saturated heterocycles. The number of allylic oxidation sites excluding steroid dienone is 1. The Bertz CT molecular complexity index is 91.6. The summed E-state index contributed by atoms with van der Waals surface area (Å²) in [5.74, 6) is 0. The molecule has 51 valence electrons. The van der Waals surface area contributed by atoms with Crippen LogP contribution in [0.3, 0.4) is 0 Å². The van der Waals surface area contributed by atoms with Gasteiger partial charge in [-0.3, -0.25) is 0 Å². The van der Waals surface area contributed by atoms with Gasteiger partial charge in [0, 0.05) is 39.8 Å². The Kier molecular flexibility index (Phi) is 6.11. The molecule has 0 amide bonds. The van der Waals surface area contributed by atoms with Crippen molar-refractivity contribution in [2.45, 2.75) is 13.8 Å². The summed E-state index contributed by atoms with van der Waals surface area (Å²) in [7, 11) is 1.86. The van der Waals surface area contributed by atoms with Crippen LogP contribution in [-0.2, 0) is 32.7 Å². The van der Waals surface area contributed by atoms with Crippen molar-refractivity contribution in [1.82, 2.24) is 5.32 Å². The van der Waals surface area contributed by atoms with Gasteiger partial charge in [0.2, 0.25) is 0 Å². The second-order valence-electron chi connectivity index (χ2n) is 2.61. The third-order valence-electron chi connectivity index (χ3n) is 1.12. The van der Waals surface area contributed by atoms with Gasteiger partial charge >= 0.3 is 0 Å². The standard InChI is InChI=1S/C7H14N.Y/c1-6(8-5)7(2,3)4;/h8H,1-2H2,3-5H3;/q-1;. The Morgan fingerprint density at radius 2 is 1.89 bits per heavy atom. The first-order valence-corrected chi connectivity index (χ1v) is 2.71. The molecule has 0 unspecified atom stereocenters. The van der Waals surface area contributed by atoms with E-state index in [2.05, 4.69) is 18.8 Å². The van der Waals surface area contributed by atoms with E-state index in [-0.39, 0.29) is 38.1 Å². The molecule has 2 heteroatoms. The normalized spacial score (nSPS) is 9.78. The van der Waals surface area contributed by atoms with Crippen LogP contribution in [0.2, 0.25) is 0 Å². The van der Waals surface area contributed by atoms with Gasteiger partial charge in [-0.25, -0.2) is 0 Å². The van der Waals surface area contributed by atoms with E-state index in [4.69, 9.17) is 0 Å². The Morgan fingerprint density at radius 3 is 1.89 bits per heavy atom. The number of nitrogens with one attached hydrogen (secondary N) is 1. The summed E-state index contributed by atoms with van der Waals surface area (Å²) in [6, 6.07) is 0. The maximum absolute atomic E-state index is 3.88. The number of hydrogen-bond donors (Lipinski definition) is 1. The molecule has 0 aromatic carbocycles. The average Bonchev–Trinajstić information content (AvgIpc) is 1.62. The molecule has 0 rings (SSSR count). The zero-order valence-corrected chi connectivity index (χ0v) is 9.33. The topological polar surface area (TPSA) is 12.0 Å². The van der Waals surface area contributed by atoms with Crippen LogP contribution >= 0.6 is 0 Å². The van der Waals surface area contributed by atoms with Gasteiger partial charge in [0.05, 0.1) is 0 Å². The maximum atomic E-state index is 3.88. The number of rotatable bonds is 2. The van der Waals surface area contributed by atoms with Crippen molar-refractivity contribution in [2.75, 3.05) is 7.05 Å². The molecule has 0 aromatic rings. The van der Waals surface area contributed by atoms with Crippen molar-refractivity contribution in [3.05, 3.63) is 19.2 Å². The molecule has 0 saturated carbocycles. The monoisotopic (exact) mass is 201 g/mol. The number of hydrogen-bond acceptors (Lipinski definition) is 1. The third kappa shape index (κ3) is 5.11. The van der Waals surface area contributed by atoms with E-state index < -0.39 is 0 Å². The molecule has 0 heterocycles. The smallest absolute Gasteiger partial charge is 0.00293 e. The van der Waals surface area contributed by atoms with E-state index in [1.165, 1.54) is 0 Å². The average molecular weight is 201 g/mol. The van der Waals surface area contributed by atoms with Gasteiger partial charge in [-0.2, -0.15) is 0 Å². The first-order valence-electron chi connectivity index (χ1n) is 2.71. The van der Waals surface area contributed by atoms with Gasteiger partial charge in [-0.15, -0.1) is 5.41 Å². The quantitative estimate of drug-likeness (QED) is 0.669. The molecule has 0 bridgehead atoms. The summed E-state index contributed by atoms with van der Waals surface area (Å²) in [6.07, 6.45) is 0. The molecule has 0 spiro atoms. The van der Waals surface area contributed by atoms with Crippen molar-refractivity contribution in [2.24, 2.45) is 5.41 Å². The summed E-state index contributed by atoms with van der Waals surface area (Å²) in [5.41, 5.74) is 0.923. The molecule has 1 radical (unpaired) electrons. The Hall–Kier alpha value is 0.644. The Morgan fingerprint density at radius 1 is 1.56 bits per heavy atom. The molecule has 0 aliphatic carbocycles. The van der Waals surface area contributed by atoms with Crippen LogP contribution in [0, 0.1) is 12.3 Å². The molecule has 0 fully saturated rings. The van der Waals surface area contributed by atoms with Gasteiger partial charge in [0.15, 0.2) is 0 Å². The largest absolute Gasteiger partial charge is 0.394 e. The first kappa shape index (κ1) is 12.3. The summed E-state index contributed by atoms with van der Waals surface area (Å²) in [6.45, 7) is 11.7. The van der Waals surface area contributed by atoms with E-state index in [0.29, 0.717) is 0 Å². The zero-order chi connectivity index (χ0) is 6.78. The molecule has 0 aliphatic rings. The fourth-order valence-corrected chi connectivity index (χ4v) is 0.338. The predicted octanol–water partition coefficient (Wildman–Crippen LogP) is 1.58. The van der Waals surface area contributed by atoms with Crippen molar-refractivity contribution < 1.29 is 32.7 Å². The van der Waals surface area contributed by atoms with Crippen molar-refractivity contribution >= 4 is 0 Å². The fourth-order valence-electron chi connectivity index (χ4n) is 0.338. The van der Waals surface area contributed by atoms with E-state index in [1.807, 2.05) is 20.9 Å². The van der Waals surface area contributed by atoms with Gasteiger partial charge in [-0.1, -0.05) is 20.4 Å². The van der Waals surface area contributed by atoms with Gasteiger partial charge in [0.25, 0.3) is 0 Å². The first-order chi connectivity index (χ1) is 3.48. The molecule has 1 nitrogen and oxygen atoms in total. The fraction of sp³-hybridized carbons (Fsp3) is 0.571. The maximum Gasteiger partial charge on any atom is 0.00293 e. The Labute approximate surface area is 83.2 Å². The summed E-state index contributed by atoms with van der Waals surface area (Å²) >= 11 is 0. The minimum Gasteiger partial charge on any atom is -0.394 e. The van der Waals surface area contributed by atoms with Crippen molar-refractivity contribution in [3.8, 4) is 0 Å². The van der Waals surface area contributed by atoms with Crippen LogP contribution in [0.1, 0.15) is 13.8 Å². The minimum atomic E-state index is -0.0469. The summed E-state index contributed by atoms with van der Waals surface area (Å²) in [5, 5.41) is 2.95. The van der Waals surface area contributed by atoms with Crippen LogP contribution in [0.15, 0.2) is 12.3 Å². The summed E-state index contributed by atoms with van der Waals surface area (Å²) in [4.78, 5) is 0. The third-order valence-corrected chi connectivity index (χ3v) is 1.12. The van der Waals surface area contributed by atoms with E-state index >= 15 is 0 Å². The predicted molar refractivity (Wildman–Crippen MR) is 37.3 cm³/mol. The second kappa shape index (κ2) is 4.46. The molecule has 1 N–H and O–H groups in total. The van der Waals surface area contributed by atoms with Crippen molar-refractivity contribution in [1.29, 1.82) is 0 Å². The van der Waals surface area contributed by atoms with Gasteiger partial charge in [-0.05, 0) is 5.70 Å². The molecular formula is C7H14NY-. The molecule has 0 aromatic heterocycles. The van der Waals surface area contributed by atoms with Crippen LogP contribution < -0.4 is 5.32 Å². The minimum absolute atomic E-state index is 0. The van der Waals surface area contributed by atoms with Crippen LogP contribution in [0.25, 0.3) is 0 Å². The van der Waals surface area contributed by atoms with E-state index in [0.717, 1.165) is 5.70 Å². The molecular weight excluding hydrogens is 187 g/mol.